The van der Waals surface area contributed by atoms with Gasteiger partial charge >= 0.3 is 5.97 Å². The van der Waals surface area contributed by atoms with Gasteiger partial charge < -0.3 is 34.8 Å². The highest BCUT2D eigenvalue weighted by Crippen LogP contribution is 2.38. The van der Waals surface area contributed by atoms with E-state index in [0.29, 0.717) is 53.0 Å². The molecule has 0 amide bonds. The van der Waals surface area contributed by atoms with Crippen molar-refractivity contribution in [3.63, 3.8) is 0 Å². The molecule has 5 rings (SSSR count). The molecule has 0 saturated carbocycles. The molecule has 1 aromatic heterocycles. The molecule has 4 aromatic carbocycles. The van der Waals surface area contributed by atoms with Gasteiger partial charge in [-0.05, 0) is 108 Å². The number of carbonyl (C=O) groups is 1. The summed E-state index contributed by atoms with van der Waals surface area (Å²) in [5.41, 5.74) is 7.98. The van der Waals surface area contributed by atoms with Gasteiger partial charge in [0.05, 0.1) is 30.2 Å². The van der Waals surface area contributed by atoms with Crippen molar-refractivity contribution in [1.29, 1.82) is 0 Å². The second-order valence-electron chi connectivity index (χ2n) is 13.6. The predicted molar refractivity (Wildman–Crippen MR) is 214 cm³/mol. The molecule has 0 saturated heterocycles. The van der Waals surface area contributed by atoms with Crippen LogP contribution < -0.4 is 19.5 Å². The summed E-state index contributed by atoms with van der Waals surface area (Å²) in [5.74, 6) is 0.538. The fourth-order valence-corrected chi connectivity index (χ4v) is 6.40. The number of aliphatic hydroxyl groups is 2. The second-order valence-corrected chi connectivity index (χ2v) is 14.0. The van der Waals surface area contributed by atoms with E-state index in [0.717, 1.165) is 44.7 Å². The van der Waals surface area contributed by atoms with Crippen molar-refractivity contribution >= 4 is 23.3 Å². The number of benzene rings is 4. The minimum absolute atomic E-state index is 0.0975. The van der Waals surface area contributed by atoms with Crippen molar-refractivity contribution in [1.82, 2.24) is 10.3 Å². The Bertz CT molecular complexity index is 2130. The van der Waals surface area contributed by atoms with Crippen LogP contribution in [0.25, 0.3) is 27.1 Å². The summed E-state index contributed by atoms with van der Waals surface area (Å²) in [6.45, 7) is 14.6. The molecule has 0 aliphatic heterocycles. The van der Waals surface area contributed by atoms with Crippen molar-refractivity contribution in [2.75, 3.05) is 32.9 Å². The van der Waals surface area contributed by atoms with E-state index in [-0.39, 0.29) is 32.7 Å². The van der Waals surface area contributed by atoms with Gasteiger partial charge in [0.1, 0.15) is 37.1 Å². The number of nitrogens with zero attached hydrogens (tertiary/aromatic N) is 2. The first-order valence-electron chi connectivity index (χ1n) is 18.0. The summed E-state index contributed by atoms with van der Waals surface area (Å²) in [6.07, 6.45) is 3.53. The van der Waals surface area contributed by atoms with E-state index in [4.69, 9.17) is 37.5 Å². The summed E-state index contributed by atoms with van der Waals surface area (Å²) < 4.78 is 18.4. The number of pyridine rings is 1. The average Bonchev–Trinajstić information content (AvgIpc) is 3.20. The van der Waals surface area contributed by atoms with E-state index >= 15 is 0 Å². The lowest BCUT2D eigenvalue weighted by Gasteiger charge is -2.23. The van der Waals surface area contributed by atoms with Gasteiger partial charge in [0.2, 0.25) is 5.69 Å². The molecule has 0 radical (unpaired) electrons. The van der Waals surface area contributed by atoms with E-state index in [2.05, 4.69) is 65.4 Å². The Hall–Kier alpha value is -5.44. The Labute approximate surface area is 327 Å². The number of aryl methyl sites for hydroxylation is 1. The quantitative estimate of drug-likeness (QED) is 0.0484. The molecule has 0 unspecified atom stereocenters. The number of rotatable bonds is 19. The summed E-state index contributed by atoms with van der Waals surface area (Å²) in [7, 11) is 0. The monoisotopic (exact) mass is 763 g/mol. The molecular formula is C44H46ClN3O7. The smallest absolute Gasteiger partial charge is 0.311 e. The minimum atomic E-state index is -1.34. The maximum atomic E-state index is 11.9. The Morgan fingerprint density at radius 2 is 1.56 bits per heavy atom. The number of hydrogen-bond donors (Lipinski definition) is 4. The van der Waals surface area contributed by atoms with Gasteiger partial charge in [-0.15, -0.1) is 0 Å². The Kier molecular flexibility index (Phi) is 14.3. The van der Waals surface area contributed by atoms with Crippen molar-refractivity contribution < 1.29 is 34.3 Å². The number of aromatic nitrogens is 1. The van der Waals surface area contributed by atoms with E-state index in [9.17, 15) is 15.0 Å². The zero-order chi connectivity index (χ0) is 39.4. The highest BCUT2D eigenvalue weighted by atomic mass is 35.5. The van der Waals surface area contributed by atoms with Gasteiger partial charge in [-0.2, -0.15) is 0 Å². The standard InChI is InChI=1S/C44H46ClN3O7/c1-29-34(7-5-9-38(29)39-10-6-8-37(30(39)2)32-11-13-36(14-12-32)53-20-18-47-17-19-49)27-55-42-23-41(54-26-31-21-35(46-4)25-48-24-31)33(22-40(42)45)15-16-44(3,28-50)43(51)52/h5-14,21-25,47,49-50H,15-20,26-28H2,1-3H3,(H,51,52)/t44-/m0/s1. The molecule has 0 fully saturated rings. The van der Waals surface area contributed by atoms with Crippen molar-refractivity contribution in [3.05, 3.63) is 136 Å². The maximum absolute atomic E-state index is 11.9. The lowest BCUT2D eigenvalue weighted by Crippen LogP contribution is -2.32. The van der Waals surface area contributed by atoms with E-state index in [1.807, 2.05) is 24.3 Å². The SMILES string of the molecule is [C-]#[N+]c1cncc(COc2cc(OCc3cccc(-c4cccc(-c5ccc(OCCNCCO)cc5)c4C)c3C)c(Cl)cc2CC[C@@](C)(CO)C(=O)O)c1. The Balaban J connectivity index is 1.36. The van der Waals surface area contributed by atoms with Gasteiger partial charge in [0, 0.05) is 31.5 Å². The third-order valence-corrected chi connectivity index (χ3v) is 9.98. The Morgan fingerprint density at radius 3 is 2.27 bits per heavy atom. The van der Waals surface area contributed by atoms with E-state index in [1.165, 1.54) is 13.1 Å². The fourth-order valence-electron chi connectivity index (χ4n) is 6.16. The number of carboxylic acid groups (broad SMARTS) is 1. The zero-order valence-electron chi connectivity index (χ0n) is 31.3. The molecule has 0 spiro atoms. The van der Waals surface area contributed by atoms with Crippen LogP contribution in [0.3, 0.4) is 0 Å². The van der Waals surface area contributed by atoms with E-state index in [1.54, 1.807) is 24.4 Å². The molecule has 55 heavy (non-hydrogen) atoms. The lowest BCUT2D eigenvalue weighted by molar-refractivity contribution is -0.150. The van der Waals surface area contributed by atoms with Gasteiger partial charge in [0.15, 0.2) is 0 Å². The second kappa shape index (κ2) is 19.2. The van der Waals surface area contributed by atoms with Crippen LogP contribution in [0, 0.1) is 25.8 Å². The van der Waals surface area contributed by atoms with Gasteiger partial charge in [-0.25, -0.2) is 4.85 Å². The first-order valence-corrected chi connectivity index (χ1v) is 18.4. The summed E-state index contributed by atoms with van der Waals surface area (Å²) in [4.78, 5) is 19.5. The molecule has 11 heteroatoms. The third-order valence-electron chi connectivity index (χ3n) is 9.68. The number of ether oxygens (including phenoxy) is 3. The van der Waals surface area contributed by atoms with Crippen molar-refractivity contribution in [2.24, 2.45) is 5.41 Å². The minimum Gasteiger partial charge on any atom is -0.492 e. The number of halogens is 1. The molecule has 0 aliphatic rings. The topological polar surface area (TPSA) is 135 Å². The number of aliphatic carboxylic acids is 1. The number of carboxylic acids is 1. The number of hydrogen-bond acceptors (Lipinski definition) is 8. The number of aliphatic hydroxyl groups excluding tert-OH is 2. The predicted octanol–water partition coefficient (Wildman–Crippen LogP) is 8.37. The van der Waals surface area contributed by atoms with Crippen LogP contribution in [0.4, 0.5) is 5.69 Å². The molecule has 10 nitrogen and oxygen atoms in total. The molecule has 0 aliphatic carbocycles. The third kappa shape index (κ3) is 10.4. The van der Waals surface area contributed by atoms with Gasteiger partial charge in [0.25, 0.3) is 0 Å². The molecular weight excluding hydrogens is 718 g/mol. The lowest BCUT2D eigenvalue weighted by atomic mass is 9.85. The van der Waals surface area contributed by atoms with Crippen LogP contribution in [0.5, 0.6) is 17.2 Å². The average molecular weight is 764 g/mol. The van der Waals surface area contributed by atoms with Crippen LogP contribution in [-0.2, 0) is 24.4 Å². The first-order chi connectivity index (χ1) is 26.6. The van der Waals surface area contributed by atoms with E-state index < -0.39 is 18.0 Å². The molecule has 0 bridgehead atoms. The van der Waals surface area contributed by atoms with Crippen molar-refractivity contribution in [2.45, 2.75) is 46.8 Å². The summed E-state index contributed by atoms with van der Waals surface area (Å²) in [5, 5.41) is 31.9. The van der Waals surface area contributed by atoms with Crippen molar-refractivity contribution in [3.8, 4) is 39.5 Å². The van der Waals surface area contributed by atoms with Gasteiger partial charge in [-0.3, -0.25) is 9.78 Å². The summed E-state index contributed by atoms with van der Waals surface area (Å²) in [6, 6.07) is 25.6. The highest BCUT2D eigenvalue weighted by Gasteiger charge is 2.32. The van der Waals surface area contributed by atoms with Crippen LogP contribution in [-0.4, -0.2) is 59.2 Å². The first kappa shape index (κ1) is 40.7. The molecule has 1 heterocycles. The Morgan fingerprint density at radius 1 is 0.855 bits per heavy atom. The van der Waals surface area contributed by atoms with Crippen LogP contribution in [0.2, 0.25) is 5.02 Å². The number of nitrogens with one attached hydrogen (secondary N) is 1. The fraction of sp³-hybridized carbons (Fsp3) is 0.295. The van der Waals surface area contributed by atoms with Crippen LogP contribution in [0.15, 0.2) is 91.3 Å². The summed E-state index contributed by atoms with van der Waals surface area (Å²) >= 11 is 6.78. The zero-order valence-corrected chi connectivity index (χ0v) is 32.0. The molecule has 4 N–H and O–H groups in total. The molecule has 1 atom stereocenters. The largest absolute Gasteiger partial charge is 0.492 e. The van der Waals surface area contributed by atoms with Crippen LogP contribution >= 0.6 is 11.6 Å². The molecule has 5 aromatic rings. The van der Waals surface area contributed by atoms with Gasteiger partial charge in [-0.1, -0.05) is 60.1 Å². The van der Waals surface area contributed by atoms with Crippen LogP contribution in [0.1, 0.15) is 41.2 Å². The normalized spacial score (nSPS) is 12.1. The highest BCUT2D eigenvalue weighted by molar-refractivity contribution is 6.32. The molecule has 286 valence electrons. The maximum Gasteiger partial charge on any atom is 0.311 e.